The molecule has 146 valence electrons. The first-order chi connectivity index (χ1) is 12.7. The molecule has 1 saturated carbocycles. The number of hydrogen-bond donors (Lipinski definition) is 0. The van der Waals surface area contributed by atoms with Crippen molar-refractivity contribution in [2.75, 3.05) is 39.5 Å². The molecule has 0 spiro atoms. The van der Waals surface area contributed by atoms with Crippen molar-refractivity contribution in [1.82, 2.24) is 9.80 Å². The third-order valence-electron chi connectivity index (χ3n) is 6.44. The Labute approximate surface area is 156 Å². The summed E-state index contributed by atoms with van der Waals surface area (Å²) in [5.41, 5.74) is 0. The van der Waals surface area contributed by atoms with E-state index in [0.717, 1.165) is 71.1 Å². The number of ether oxygens (including phenoxy) is 2. The van der Waals surface area contributed by atoms with Crippen LogP contribution in [0.5, 0.6) is 0 Å². The average Bonchev–Trinajstić information content (AvgIpc) is 3.55. The van der Waals surface area contributed by atoms with Gasteiger partial charge in [-0.3, -0.25) is 9.59 Å². The Balaban J connectivity index is 1.44. The Bertz CT molecular complexity index is 510. The third-order valence-corrected chi connectivity index (χ3v) is 6.44. The SMILES string of the molecule is O=C(C1CCOCC1)N1CCCC(N(C(=O)C2CC2)C2CCOCC2)C1. The van der Waals surface area contributed by atoms with E-state index in [1.807, 2.05) is 4.90 Å². The molecular weight excluding hydrogens is 332 g/mol. The van der Waals surface area contributed by atoms with Crippen LogP contribution in [-0.4, -0.2) is 73.2 Å². The summed E-state index contributed by atoms with van der Waals surface area (Å²) in [5.74, 6) is 0.962. The zero-order valence-electron chi connectivity index (χ0n) is 15.7. The summed E-state index contributed by atoms with van der Waals surface area (Å²) in [6.07, 6.45) is 7.64. The highest BCUT2D eigenvalue weighted by Gasteiger charge is 2.42. The largest absolute Gasteiger partial charge is 0.381 e. The lowest BCUT2D eigenvalue weighted by Gasteiger charge is -2.45. The molecule has 3 heterocycles. The molecule has 2 amide bonds. The number of carbonyl (C=O) groups is 2. The molecule has 3 aliphatic heterocycles. The first-order valence-corrected chi connectivity index (χ1v) is 10.5. The van der Waals surface area contributed by atoms with Gasteiger partial charge in [-0.15, -0.1) is 0 Å². The van der Waals surface area contributed by atoms with Crippen LogP contribution in [0, 0.1) is 11.8 Å². The van der Waals surface area contributed by atoms with Crippen molar-refractivity contribution in [3.05, 3.63) is 0 Å². The van der Waals surface area contributed by atoms with Gasteiger partial charge in [-0.05, 0) is 51.4 Å². The normalized spacial score (nSPS) is 28.8. The molecule has 0 aromatic rings. The number of hydrogen-bond acceptors (Lipinski definition) is 4. The van der Waals surface area contributed by atoms with Crippen LogP contribution in [-0.2, 0) is 19.1 Å². The predicted molar refractivity (Wildman–Crippen MR) is 96.6 cm³/mol. The van der Waals surface area contributed by atoms with Gasteiger partial charge in [0.2, 0.25) is 11.8 Å². The van der Waals surface area contributed by atoms with Crippen molar-refractivity contribution in [2.24, 2.45) is 11.8 Å². The fourth-order valence-electron chi connectivity index (χ4n) is 4.75. The standard InChI is InChI=1S/C20H32N2O4/c23-19(16-5-10-25-11-6-16)21-9-1-2-18(14-21)22(20(24)15-3-4-15)17-7-12-26-13-8-17/h15-18H,1-14H2. The predicted octanol–water partition coefficient (Wildman–Crippen LogP) is 1.82. The van der Waals surface area contributed by atoms with Crippen molar-refractivity contribution in [1.29, 1.82) is 0 Å². The van der Waals surface area contributed by atoms with Crippen LogP contribution in [0.25, 0.3) is 0 Å². The fraction of sp³-hybridized carbons (Fsp3) is 0.900. The zero-order valence-corrected chi connectivity index (χ0v) is 15.7. The topological polar surface area (TPSA) is 59.1 Å². The van der Waals surface area contributed by atoms with Crippen LogP contribution in [0.15, 0.2) is 0 Å². The first-order valence-electron chi connectivity index (χ1n) is 10.5. The Hall–Kier alpha value is -1.14. The van der Waals surface area contributed by atoms with Gasteiger partial charge in [0.15, 0.2) is 0 Å². The van der Waals surface area contributed by atoms with Gasteiger partial charge in [0.25, 0.3) is 0 Å². The average molecular weight is 364 g/mol. The van der Waals surface area contributed by atoms with E-state index in [2.05, 4.69) is 4.90 Å². The second kappa shape index (κ2) is 8.26. The lowest BCUT2D eigenvalue weighted by atomic mass is 9.94. The third kappa shape index (κ3) is 4.06. The van der Waals surface area contributed by atoms with Crippen LogP contribution in [0.1, 0.15) is 51.4 Å². The van der Waals surface area contributed by atoms with Gasteiger partial charge in [0.05, 0.1) is 0 Å². The van der Waals surface area contributed by atoms with E-state index >= 15 is 0 Å². The minimum absolute atomic E-state index is 0.109. The minimum Gasteiger partial charge on any atom is -0.381 e. The molecule has 26 heavy (non-hydrogen) atoms. The highest BCUT2D eigenvalue weighted by molar-refractivity contribution is 5.82. The highest BCUT2D eigenvalue weighted by Crippen LogP contribution is 2.35. The second-order valence-electron chi connectivity index (χ2n) is 8.33. The molecule has 3 saturated heterocycles. The molecule has 4 rings (SSSR count). The maximum atomic E-state index is 13.0. The van der Waals surface area contributed by atoms with Crippen LogP contribution < -0.4 is 0 Å². The molecule has 1 unspecified atom stereocenters. The van der Waals surface area contributed by atoms with Crippen molar-refractivity contribution < 1.29 is 19.1 Å². The summed E-state index contributed by atoms with van der Waals surface area (Å²) in [6.45, 7) is 4.44. The molecule has 1 atom stereocenters. The monoisotopic (exact) mass is 364 g/mol. The van der Waals surface area contributed by atoms with E-state index in [1.165, 1.54) is 0 Å². The van der Waals surface area contributed by atoms with Crippen LogP contribution in [0.2, 0.25) is 0 Å². The molecule has 0 bridgehead atoms. The molecule has 0 N–H and O–H groups in total. The molecule has 0 radical (unpaired) electrons. The number of carbonyl (C=O) groups excluding carboxylic acids is 2. The molecule has 1 aliphatic carbocycles. The summed E-state index contributed by atoms with van der Waals surface area (Å²) in [7, 11) is 0. The van der Waals surface area contributed by atoms with E-state index in [1.54, 1.807) is 0 Å². The van der Waals surface area contributed by atoms with E-state index in [9.17, 15) is 9.59 Å². The van der Waals surface area contributed by atoms with E-state index in [4.69, 9.17) is 9.47 Å². The summed E-state index contributed by atoms with van der Waals surface area (Å²) in [5, 5.41) is 0. The number of rotatable bonds is 4. The molecular formula is C20H32N2O4. The lowest BCUT2D eigenvalue weighted by molar-refractivity contribution is -0.148. The summed E-state index contributed by atoms with van der Waals surface area (Å²) >= 11 is 0. The maximum absolute atomic E-state index is 13.0. The minimum atomic E-state index is 0.109. The van der Waals surface area contributed by atoms with Crippen LogP contribution >= 0.6 is 0 Å². The van der Waals surface area contributed by atoms with Gasteiger partial charge in [-0.2, -0.15) is 0 Å². The summed E-state index contributed by atoms with van der Waals surface area (Å²) in [4.78, 5) is 30.2. The van der Waals surface area contributed by atoms with Gasteiger partial charge in [0.1, 0.15) is 0 Å². The van der Waals surface area contributed by atoms with E-state index < -0.39 is 0 Å². The number of nitrogens with zero attached hydrogens (tertiary/aromatic N) is 2. The molecule has 0 aromatic heterocycles. The molecule has 4 aliphatic rings. The second-order valence-corrected chi connectivity index (χ2v) is 8.33. The van der Waals surface area contributed by atoms with Crippen LogP contribution in [0.4, 0.5) is 0 Å². The molecule has 4 fully saturated rings. The Morgan fingerprint density at radius 3 is 2.08 bits per heavy atom. The van der Waals surface area contributed by atoms with Gasteiger partial charge >= 0.3 is 0 Å². The Morgan fingerprint density at radius 2 is 1.42 bits per heavy atom. The van der Waals surface area contributed by atoms with Gasteiger partial charge < -0.3 is 19.3 Å². The maximum Gasteiger partial charge on any atom is 0.226 e. The quantitative estimate of drug-likeness (QED) is 0.764. The highest BCUT2D eigenvalue weighted by atomic mass is 16.5. The zero-order chi connectivity index (χ0) is 17.9. The van der Waals surface area contributed by atoms with Gasteiger partial charge in [-0.1, -0.05) is 0 Å². The van der Waals surface area contributed by atoms with Crippen molar-refractivity contribution >= 4 is 11.8 Å². The van der Waals surface area contributed by atoms with Crippen LogP contribution in [0.3, 0.4) is 0 Å². The summed E-state index contributed by atoms with van der Waals surface area (Å²) in [6, 6.07) is 0.476. The molecule has 6 heteroatoms. The lowest BCUT2D eigenvalue weighted by Crippen LogP contribution is -2.57. The van der Waals surface area contributed by atoms with Gasteiger partial charge in [-0.25, -0.2) is 0 Å². The summed E-state index contributed by atoms with van der Waals surface area (Å²) < 4.78 is 10.9. The Morgan fingerprint density at radius 1 is 0.769 bits per heavy atom. The van der Waals surface area contributed by atoms with E-state index in [-0.39, 0.29) is 23.8 Å². The van der Waals surface area contributed by atoms with Crippen molar-refractivity contribution in [3.63, 3.8) is 0 Å². The number of likely N-dealkylation sites (tertiary alicyclic amines) is 1. The van der Waals surface area contributed by atoms with Crippen molar-refractivity contribution in [3.8, 4) is 0 Å². The fourth-order valence-corrected chi connectivity index (χ4v) is 4.75. The van der Waals surface area contributed by atoms with Gasteiger partial charge in [0, 0.05) is 63.4 Å². The number of amides is 2. The number of piperidine rings is 1. The van der Waals surface area contributed by atoms with E-state index in [0.29, 0.717) is 31.7 Å². The smallest absolute Gasteiger partial charge is 0.226 e. The van der Waals surface area contributed by atoms with Crippen molar-refractivity contribution in [2.45, 2.75) is 63.5 Å². The molecule has 0 aromatic carbocycles. The Kier molecular flexibility index (Phi) is 5.79. The molecule has 6 nitrogen and oxygen atoms in total. The first kappa shape index (κ1) is 18.2.